The lowest BCUT2D eigenvalue weighted by Gasteiger charge is -2.04. The van der Waals surface area contributed by atoms with E-state index in [0.29, 0.717) is 15.9 Å². The fraction of sp³-hybridized carbons (Fsp3) is 0.100. The summed E-state index contributed by atoms with van der Waals surface area (Å²) in [4.78, 5) is 4.17. The molecule has 0 atom stereocenters. The lowest BCUT2D eigenvalue weighted by Crippen LogP contribution is -1.85. The topological polar surface area (TPSA) is 22.1 Å². The molecule has 78 valence electrons. The van der Waals surface area contributed by atoms with E-state index in [9.17, 15) is 0 Å². The van der Waals surface area contributed by atoms with Crippen LogP contribution in [0, 0.1) is 0 Å². The first-order valence-electron chi connectivity index (χ1n) is 4.15. The first-order valence-corrected chi connectivity index (χ1v) is 5.79. The number of methoxy groups -OCH3 is 1. The Labute approximate surface area is 101 Å². The van der Waals surface area contributed by atoms with Crippen molar-refractivity contribution in [3.63, 3.8) is 0 Å². The summed E-state index contributed by atoms with van der Waals surface area (Å²) in [5, 5.41) is 3.74. The van der Waals surface area contributed by atoms with E-state index in [1.165, 1.54) is 11.3 Å². The molecule has 1 aromatic heterocycles. The number of nitrogens with zero attached hydrogens (tertiary/aromatic N) is 1. The van der Waals surface area contributed by atoms with Crippen LogP contribution >= 0.6 is 34.5 Å². The van der Waals surface area contributed by atoms with E-state index < -0.39 is 0 Å². The van der Waals surface area contributed by atoms with Gasteiger partial charge in [0.15, 0.2) is 0 Å². The highest BCUT2D eigenvalue weighted by Crippen LogP contribution is 2.32. The van der Waals surface area contributed by atoms with Gasteiger partial charge in [-0.2, -0.15) is 0 Å². The van der Waals surface area contributed by atoms with Crippen molar-refractivity contribution >= 4 is 34.5 Å². The second-order valence-electron chi connectivity index (χ2n) is 2.82. The number of halogens is 2. The summed E-state index contributed by atoms with van der Waals surface area (Å²) in [6, 6.07) is 5.52. The highest BCUT2D eigenvalue weighted by Gasteiger charge is 2.07. The zero-order chi connectivity index (χ0) is 10.8. The monoisotopic (exact) mass is 259 g/mol. The van der Waals surface area contributed by atoms with E-state index >= 15 is 0 Å². The second kappa shape index (κ2) is 4.39. The van der Waals surface area contributed by atoms with Gasteiger partial charge in [-0.25, -0.2) is 4.98 Å². The number of aromatic nitrogens is 1. The molecule has 0 saturated carbocycles. The Kier molecular flexibility index (Phi) is 3.14. The molecule has 0 amide bonds. The predicted molar refractivity (Wildman–Crippen MR) is 64.1 cm³/mol. The van der Waals surface area contributed by atoms with Crippen LogP contribution in [-0.2, 0) is 0 Å². The number of thiazole rings is 1. The van der Waals surface area contributed by atoms with Crippen LogP contribution in [0.4, 0.5) is 0 Å². The molecule has 1 heterocycles. The third kappa shape index (κ3) is 2.25. The van der Waals surface area contributed by atoms with Crippen LogP contribution in [-0.4, -0.2) is 12.1 Å². The Morgan fingerprint density at radius 2 is 2.13 bits per heavy atom. The van der Waals surface area contributed by atoms with Crippen molar-refractivity contribution < 1.29 is 4.74 Å². The Hall–Kier alpha value is -0.770. The van der Waals surface area contributed by atoms with E-state index in [4.69, 9.17) is 27.9 Å². The summed E-state index contributed by atoms with van der Waals surface area (Å²) in [5.74, 6) is 0.639. The third-order valence-electron chi connectivity index (χ3n) is 1.87. The van der Waals surface area contributed by atoms with Gasteiger partial charge in [-0.1, -0.05) is 29.3 Å². The second-order valence-corrected chi connectivity index (χ2v) is 4.48. The molecule has 0 aliphatic rings. The SMILES string of the molecule is COc1cc(-c2nc(Cl)cs2)ccc1Cl. The first kappa shape index (κ1) is 10.7. The Morgan fingerprint density at radius 1 is 1.33 bits per heavy atom. The van der Waals surface area contributed by atoms with Gasteiger partial charge in [0.1, 0.15) is 15.9 Å². The fourth-order valence-corrected chi connectivity index (χ4v) is 2.32. The van der Waals surface area contributed by atoms with Gasteiger partial charge >= 0.3 is 0 Å². The summed E-state index contributed by atoms with van der Waals surface area (Å²) in [6.45, 7) is 0. The molecule has 0 aliphatic heterocycles. The molecule has 0 saturated heterocycles. The predicted octanol–water partition coefficient (Wildman–Crippen LogP) is 4.13. The van der Waals surface area contributed by atoms with Gasteiger partial charge in [-0.05, 0) is 12.1 Å². The quantitative estimate of drug-likeness (QED) is 0.810. The zero-order valence-electron chi connectivity index (χ0n) is 7.83. The molecule has 0 bridgehead atoms. The van der Waals surface area contributed by atoms with Crippen molar-refractivity contribution in [2.75, 3.05) is 7.11 Å². The lowest BCUT2D eigenvalue weighted by molar-refractivity contribution is 0.415. The molecule has 0 spiro atoms. The van der Waals surface area contributed by atoms with E-state index in [0.717, 1.165) is 10.6 Å². The van der Waals surface area contributed by atoms with Gasteiger partial charge in [-0.3, -0.25) is 0 Å². The number of rotatable bonds is 2. The molecule has 2 nitrogen and oxygen atoms in total. The van der Waals surface area contributed by atoms with Crippen LogP contribution in [0.3, 0.4) is 0 Å². The molecule has 15 heavy (non-hydrogen) atoms. The largest absolute Gasteiger partial charge is 0.495 e. The van der Waals surface area contributed by atoms with Crippen molar-refractivity contribution in [2.24, 2.45) is 0 Å². The maximum Gasteiger partial charge on any atom is 0.140 e. The van der Waals surface area contributed by atoms with Crippen LogP contribution in [0.2, 0.25) is 10.2 Å². The summed E-state index contributed by atoms with van der Waals surface area (Å²) >= 11 is 13.2. The van der Waals surface area contributed by atoms with Crippen LogP contribution < -0.4 is 4.74 Å². The van der Waals surface area contributed by atoms with E-state index in [2.05, 4.69) is 4.98 Å². The summed E-state index contributed by atoms with van der Waals surface area (Å²) in [5.41, 5.74) is 0.952. The molecule has 1 aromatic carbocycles. The molecular weight excluding hydrogens is 253 g/mol. The van der Waals surface area contributed by atoms with E-state index in [-0.39, 0.29) is 0 Å². The molecule has 2 aromatic rings. The molecule has 0 fully saturated rings. The number of hydrogen-bond donors (Lipinski definition) is 0. The van der Waals surface area contributed by atoms with E-state index in [1.807, 2.05) is 12.1 Å². The van der Waals surface area contributed by atoms with Crippen LogP contribution in [0.1, 0.15) is 0 Å². The highest BCUT2D eigenvalue weighted by atomic mass is 35.5. The lowest BCUT2D eigenvalue weighted by atomic mass is 10.2. The highest BCUT2D eigenvalue weighted by molar-refractivity contribution is 7.13. The summed E-state index contributed by atoms with van der Waals surface area (Å²) < 4.78 is 5.13. The van der Waals surface area contributed by atoms with Gasteiger partial charge in [0.25, 0.3) is 0 Å². The van der Waals surface area contributed by atoms with Gasteiger partial charge in [0.05, 0.1) is 12.1 Å². The van der Waals surface area contributed by atoms with Crippen molar-refractivity contribution in [3.8, 4) is 16.3 Å². The number of ether oxygens (including phenoxy) is 1. The standard InChI is InChI=1S/C10H7Cl2NOS/c1-14-8-4-6(2-3-7(8)11)10-13-9(12)5-15-10/h2-5H,1H3. The first-order chi connectivity index (χ1) is 7.20. The maximum absolute atomic E-state index is 5.92. The van der Waals surface area contributed by atoms with Gasteiger partial charge in [0.2, 0.25) is 0 Å². The zero-order valence-corrected chi connectivity index (χ0v) is 10.2. The van der Waals surface area contributed by atoms with Crippen LogP contribution in [0.25, 0.3) is 10.6 Å². The van der Waals surface area contributed by atoms with Crippen LogP contribution in [0.15, 0.2) is 23.6 Å². The number of hydrogen-bond acceptors (Lipinski definition) is 3. The van der Waals surface area contributed by atoms with E-state index in [1.54, 1.807) is 18.6 Å². The molecule has 0 N–H and O–H groups in total. The molecule has 0 radical (unpaired) electrons. The van der Waals surface area contributed by atoms with Gasteiger partial charge in [0, 0.05) is 10.9 Å². The summed E-state index contributed by atoms with van der Waals surface area (Å²) in [7, 11) is 1.58. The van der Waals surface area contributed by atoms with Crippen molar-refractivity contribution in [3.05, 3.63) is 33.8 Å². The minimum atomic E-state index is 0.504. The molecular formula is C10H7Cl2NOS. The van der Waals surface area contributed by atoms with Crippen molar-refractivity contribution in [2.45, 2.75) is 0 Å². The minimum absolute atomic E-state index is 0.504. The molecule has 2 rings (SSSR count). The van der Waals surface area contributed by atoms with Gasteiger partial charge < -0.3 is 4.74 Å². The van der Waals surface area contributed by atoms with Crippen molar-refractivity contribution in [1.29, 1.82) is 0 Å². The average molecular weight is 260 g/mol. The van der Waals surface area contributed by atoms with Crippen LogP contribution in [0.5, 0.6) is 5.75 Å². The number of benzene rings is 1. The Bertz CT molecular complexity index is 484. The smallest absolute Gasteiger partial charge is 0.140 e. The minimum Gasteiger partial charge on any atom is -0.495 e. The molecule has 0 aliphatic carbocycles. The Balaban J connectivity index is 2.45. The fourth-order valence-electron chi connectivity index (χ4n) is 1.18. The maximum atomic E-state index is 5.92. The summed E-state index contributed by atoms with van der Waals surface area (Å²) in [6.07, 6.45) is 0. The molecule has 0 unspecified atom stereocenters. The Morgan fingerprint density at radius 3 is 2.73 bits per heavy atom. The normalized spacial score (nSPS) is 10.3. The van der Waals surface area contributed by atoms with Crippen molar-refractivity contribution in [1.82, 2.24) is 4.98 Å². The molecule has 5 heteroatoms. The third-order valence-corrected chi connectivity index (χ3v) is 3.40. The van der Waals surface area contributed by atoms with Gasteiger partial charge in [-0.15, -0.1) is 11.3 Å². The average Bonchev–Trinajstić information content (AvgIpc) is 2.66.